The first-order chi connectivity index (χ1) is 13.2. The van der Waals surface area contributed by atoms with Crippen LogP contribution < -0.4 is 0 Å². The summed E-state index contributed by atoms with van der Waals surface area (Å²) in [6, 6.07) is 3.55. The molecule has 0 heterocycles. The third kappa shape index (κ3) is 10.3. The Bertz CT molecular complexity index is 859. The topological polar surface area (TPSA) is 107 Å². The van der Waals surface area contributed by atoms with Gasteiger partial charge >= 0.3 is 18.1 Å². The van der Waals surface area contributed by atoms with Crippen LogP contribution in [-0.2, 0) is 24.4 Å². The summed E-state index contributed by atoms with van der Waals surface area (Å²) in [4.78, 5) is 23.6. The van der Waals surface area contributed by atoms with E-state index in [1.807, 2.05) is 28.7 Å². The van der Waals surface area contributed by atoms with Crippen LogP contribution in [0.25, 0.3) is 0 Å². The van der Waals surface area contributed by atoms with Crippen molar-refractivity contribution in [3.05, 3.63) is 28.4 Å². The number of alkyl halides is 3. The molecule has 0 amide bonds. The van der Waals surface area contributed by atoms with Crippen molar-refractivity contribution in [3.63, 3.8) is 0 Å². The Balaban J connectivity index is 2.46. The number of unbranched alkanes of at least 4 members (excludes halogenated alkanes) is 1. The Morgan fingerprint density at radius 3 is 2.31 bits per heavy atom. The first-order valence-electron chi connectivity index (χ1n) is 7.73. The first kappa shape index (κ1) is 27.1. The molecule has 29 heavy (non-hydrogen) atoms. The first-order valence-corrected chi connectivity index (χ1v) is 12.6. The molecule has 0 radical (unpaired) electrons. The van der Waals surface area contributed by atoms with E-state index in [0.29, 0.717) is 5.56 Å². The van der Waals surface area contributed by atoms with Gasteiger partial charge in [0, 0.05) is 17.1 Å². The molecule has 1 aromatic carbocycles. The molecule has 0 bridgehead atoms. The van der Waals surface area contributed by atoms with E-state index in [2.05, 4.69) is 49.9 Å². The number of rotatable bonds is 9. The van der Waals surface area contributed by atoms with Crippen molar-refractivity contribution in [2.24, 2.45) is 0 Å². The summed E-state index contributed by atoms with van der Waals surface area (Å²) >= 11 is 6.16. The van der Waals surface area contributed by atoms with Crippen molar-refractivity contribution in [2.75, 3.05) is 12.4 Å². The number of halogens is 6. The van der Waals surface area contributed by atoms with Gasteiger partial charge in [0.15, 0.2) is 0 Å². The van der Waals surface area contributed by atoms with Crippen LogP contribution in [0.2, 0.25) is 0 Å². The highest BCUT2D eigenvalue weighted by Crippen LogP contribution is 2.25. The van der Waals surface area contributed by atoms with Gasteiger partial charge in [-0.2, -0.15) is 21.6 Å². The Morgan fingerprint density at radius 1 is 1.14 bits per heavy atom. The van der Waals surface area contributed by atoms with Crippen molar-refractivity contribution in [1.82, 2.24) is 0 Å². The summed E-state index contributed by atoms with van der Waals surface area (Å²) in [5, 5.41) is 0. The van der Waals surface area contributed by atoms with E-state index in [9.17, 15) is 31.2 Å². The molecule has 0 aliphatic rings. The van der Waals surface area contributed by atoms with E-state index in [1.165, 1.54) is 0 Å². The predicted octanol–water partition coefficient (Wildman–Crippen LogP) is 4.19. The Hall–Kier alpha value is 0.0500. The Kier molecular flexibility index (Phi) is 10.8. The van der Waals surface area contributed by atoms with Crippen LogP contribution in [0.3, 0.4) is 0 Å². The summed E-state index contributed by atoms with van der Waals surface area (Å²) < 4.78 is 79.5. The van der Waals surface area contributed by atoms with Crippen molar-refractivity contribution in [3.8, 4) is 0 Å². The van der Waals surface area contributed by atoms with Crippen molar-refractivity contribution in [1.29, 1.82) is 0 Å². The van der Waals surface area contributed by atoms with Gasteiger partial charge in [0.2, 0.25) is 6.10 Å². The van der Waals surface area contributed by atoms with Crippen molar-refractivity contribution < 1.29 is 45.2 Å². The summed E-state index contributed by atoms with van der Waals surface area (Å²) in [7, 11) is -4.98. The lowest BCUT2D eigenvalue weighted by molar-refractivity contribution is -0.215. The lowest BCUT2D eigenvalue weighted by atomic mass is 10.2. The van der Waals surface area contributed by atoms with Crippen LogP contribution in [-0.4, -0.2) is 49.5 Å². The average Bonchev–Trinajstić information content (AvgIpc) is 2.55. The molecular weight excluding hydrogens is 762 g/mol. The van der Waals surface area contributed by atoms with Gasteiger partial charge in [-0.25, -0.2) is 4.79 Å². The number of carbonyl (C=O) groups excluding carboxylic acids is 2. The van der Waals surface area contributed by atoms with Crippen LogP contribution >= 0.6 is 67.8 Å². The van der Waals surface area contributed by atoms with Gasteiger partial charge in [-0.15, -0.1) is 0 Å². The van der Waals surface area contributed by atoms with Gasteiger partial charge in [-0.3, -0.25) is 9.35 Å². The Morgan fingerprint density at radius 2 is 1.76 bits per heavy atom. The zero-order chi connectivity index (χ0) is 22.4. The average molecular weight is 776 g/mol. The third-order valence-corrected chi connectivity index (χ3v) is 7.61. The van der Waals surface area contributed by atoms with Crippen molar-refractivity contribution in [2.45, 2.75) is 31.5 Å². The summed E-state index contributed by atoms with van der Waals surface area (Å²) in [6.07, 6.45) is -8.28. The van der Waals surface area contributed by atoms with Crippen LogP contribution in [0.5, 0.6) is 0 Å². The lowest BCUT2D eigenvalue weighted by Crippen LogP contribution is -2.39. The summed E-state index contributed by atoms with van der Waals surface area (Å²) in [6.45, 7) is -0.0576. The van der Waals surface area contributed by atoms with E-state index in [1.54, 1.807) is 6.07 Å². The highest BCUT2D eigenvalue weighted by molar-refractivity contribution is 14.1. The van der Waals surface area contributed by atoms with E-state index < -0.39 is 46.5 Å². The van der Waals surface area contributed by atoms with Crippen molar-refractivity contribution >= 4 is 89.8 Å². The smallest absolute Gasteiger partial charge is 0.426 e. The van der Waals surface area contributed by atoms with Gasteiger partial charge in [0.1, 0.15) is 5.75 Å². The molecule has 1 unspecified atom stereocenters. The highest BCUT2D eigenvalue weighted by Gasteiger charge is 2.45. The van der Waals surface area contributed by atoms with Gasteiger partial charge in [0.05, 0.1) is 12.2 Å². The lowest BCUT2D eigenvalue weighted by Gasteiger charge is -2.19. The number of hydrogen-bond donors (Lipinski definition) is 1. The van der Waals surface area contributed by atoms with Gasteiger partial charge < -0.3 is 9.47 Å². The van der Waals surface area contributed by atoms with Gasteiger partial charge in [0.25, 0.3) is 10.1 Å². The number of hydrogen-bond acceptors (Lipinski definition) is 6. The highest BCUT2D eigenvalue weighted by atomic mass is 127. The fraction of sp³-hybridized carbons (Fsp3) is 0.467. The van der Waals surface area contributed by atoms with Crippen LogP contribution in [0, 0.1) is 10.7 Å². The third-order valence-electron chi connectivity index (χ3n) is 3.22. The Labute approximate surface area is 205 Å². The quantitative estimate of drug-likeness (QED) is 0.132. The monoisotopic (exact) mass is 776 g/mol. The fourth-order valence-corrected chi connectivity index (χ4v) is 4.94. The van der Waals surface area contributed by atoms with Crippen LogP contribution in [0.4, 0.5) is 13.2 Å². The van der Waals surface area contributed by atoms with Gasteiger partial charge in [-0.1, -0.05) is 0 Å². The second-order valence-corrected chi connectivity index (χ2v) is 10.6. The SMILES string of the molecule is O=C(CCCCOC(=O)c1cc(I)cc(I)c1I)OC(CS(=O)(=O)O)C(F)(F)F. The second-order valence-electron chi connectivity index (χ2n) is 5.61. The summed E-state index contributed by atoms with van der Waals surface area (Å²) in [5.41, 5.74) is 0.388. The molecule has 0 saturated heterocycles. The molecule has 1 aromatic rings. The minimum Gasteiger partial charge on any atom is -0.462 e. The number of ether oxygens (including phenoxy) is 2. The predicted molar refractivity (Wildman–Crippen MR) is 121 cm³/mol. The molecule has 0 spiro atoms. The number of esters is 2. The maximum atomic E-state index is 12.7. The number of carbonyl (C=O) groups is 2. The van der Waals surface area contributed by atoms with E-state index >= 15 is 0 Å². The molecule has 7 nitrogen and oxygen atoms in total. The zero-order valence-corrected chi connectivity index (χ0v) is 21.6. The molecule has 1 rings (SSSR count). The van der Waals surface area contributed by atoms with Crippen LogP contribution in [0.1, 0.15) is 29.6 Å². The minimum absolute atomic E-state index is 0.0576. The maximum absolute atomic E-state index is 12.7. The second kappa shape index (κ2) is 11.6. The summed E-state index contributed by atoms with van der Waals surface area (Å²) in [5.74, 6) is -3.60. The van der Waals surface area contributed by atoms with Crippen LogP contribution in [0.15, 0.2) is 12.1 Å². The maximum Gasteiger partial charge on any atom is 0.426 e. The minimum atomic E-state index is -5.14. The van der Waals surface area contributed by atoms with E-state index in [4.69, 9.17) is 9.29 Å². The molecule has 14 heteroatoms. The molecule has 0 aromatic heterocycles. The zero-order valence-electron chi connectivity index (χ0n) is 14.3. The molecule has 0 fully saturated rings. The normalized spacial score (nSPS) is 13.1. The number of benzene rings is 1. The molecule has 0 aliphatic carbocycles. The largest absolute Gasteiger partial charge is 0.462 e. The molecule has 1 N–H and O–H groups in total. The van der Waals surface area contributed by atoms with E-state index in [0.717, 1.165) is 10.7 Å². The van der Waals surface area contributed by atoms with Gasteiger partial charge in [-0.05, 0) is 92.7 Å². The fourth-order valence-electron chi connectivity index (χ4n) is 1.92. The molecule has 1 atom stereocenters. The molecule has 0 aliphatic heterocycles. The molecule has 164 valence electrons. The standard InChI is InChI=1S/C15H14F3I3O7S/c16-15(17,18)11(7-29(24,25)26)28-12(22)3-1-2-4-27-14(23)9-5-8(19)6-10(20)13(9)21/h5-6,11H,1-4,7H2,(H,24,25,26). The molecule has 0 saturated carbocycles. The van der Waals surface area contributed by atoms with E-state index in [-0.39, 0.29) is 19.4 Å². The molecular formula is C15H14F3I3O7S.